The monoisotopic (exact) mass is 464 g/mol. The summed E-state index contributed by atoms with van der Waals surface area (Å²) >= 11 is 12.0. The van der Waals surface area contributed by atoms with Crippen molar-refractivity contribution in [3.63, 3.8) is 0 Å². The Morgan fingerprint density at radius 3 is 1.97 bits per heavy atom. The molecule has 0 spiro atoms. The van der Waals surface area contributed by atoms with Crippen molar-refractivity contribution in [1.82, 2.24) is 0 Å². The lowest BCUT2D eigenvalue weighted by atomic mass is 10.1. The van der Waals surface area contributed by atoms with Crippen LogP contribution >= 0.6 is 23.2 Å². The average Bonchev–Trinajstić information content (AvgIpc) is 2.77. The number of hydrogen-bond acceptors (Lipinski definition) is 4. The zero-order chi connectivity index (χ0) is 22.5. The first-order chi connectivity index (χ1) is 15.0. The molecule has 2 aromatic rings. The van der Waals surface area contributed by atoms with E-state index in [1.54, 1.807) is 42.5 Å². The Kier molecular flexibility index (Phi) is 11.5. The highest BCUT2D eigenvalue weighted by Gasteiger charge is 2.19. The summed E-state index contributed by atoms with van der Waals surface area (Å²) in [6, 6.07) is 11.5. The maximum atomic E-state index is 12.5. The molecule has 0 radical (unpaired) electrons. The first-order valence-corrected chi connectivity index (χ1v) is 11.7. The molecule has 0 unspecified atom stereocenters. The standard InChI is InChI=1S/C25H30Cl2O4/c1-2-3-4-5-6-7-8-11-16-30-24(28)21-12-9-10-13-22(21)25(29)31-18-19-14-15-20(26)17-23(19)27/h9-10,12-15,17H,2-8,11,16,18H2,1H3. The lowest BCUT2D eigenvalue weighted by molar-refractivity contribution is 0.0436. The van der Waals surface area contributed by atoms with Crippen LogP contribution < -0.4 is 0 Å². The van der Waals surface area contributed by atoms with Gasteiger partial charge >= 0.3 is 11.9 Å². The van der Waals surface area contributed by atoms with Gasteiger partial charge in [0.25, 0.3) is 0 Å². The minimum absolute atomic E-state index is 0.0174. The smallest absolute Gasteiger partial charge is 0.339 e. The molecule has 0 N–H and O–H groups in total. The highest BCUT2D eigenvalue weighted by molar-refractivity contribution is 6.35. The van der Waals surface area contributed by atoms with E-state index in [-0.39, 0.29) is 17.7 Å². The van der Waals surface area contributed by atoms with E-state index in [1.165, 1.54) is 32.1 Å². The van der Waals surface area contributed by atoms with Crippen molar-refractivity contribution in [2.75, 3.05) is 6.61 Å². The minimum Gasteiger partial charge on any atom is -0.462 e. The third kappa shape index (κ3) is 8.92. The summed E-state index contributed by atoms with van der Waals surface area (Å²) in [4.78, 5) is 25.0. The van der Waals surface area contributed by atoms with E-state index in [0.717, 1.165) is 19.3 Å². The zero-order valence-electron chi connectivity index (χ0n) is 18.0. The summed E-state index contributed by atoms with van der Waals surface area (Å²) in [5.41, 5.74) is 1.01. The fourth-order valence-electron chi connectivity index (χ4n) is 3.18. The highest BCUT2D eigenvalue weighted by atomic mass is 35.5. The fourth-order valence-corrected chi connectivity index (χ4v) is 3.64. The van der Waals surface area contributed by atoms with Gasteiger partial charge in [-0.3, -0.25) is 0 Å². The van der Waals surface area contributed by atoms with Gasteiger partial charge in [0.1, 0.15) is 6.61 Å². The molecule has 0 heterocycles. The van der Waals surface area contributed by atoms with Crippen molar-refractivity contribution in [3.05, 3.63) is 69.2 Å². The molecule has 2 aromatic carbocycles. The van der Waals surface area contributed by atoms with Crippen LogP contribution in [0.25, 0.3) is 0 Å². The first-order valence-electron chi connectivity index (χ1n) is 10.9. The van der Waals surface area contributed by atoms with Crippen molar-refractivity contribution in [3.8, 4) is 0 Å². The summed E-state index contributed by atoms with van der Waals surface area (Å²) < 4.78 is 10.7. The van der Waals surface area contributed by atoms with E-state index < -0.39 is 11.9 Å². The number of benzene rings is 2. The van der Waals surface area contributed by atoms with Crippen molar-refractivity contribution < 1.29 is 19.1 Å². The Labute approximate surface area is 194 Å². The molecule has 168 valence electrons. The van der Waals surface area contributed by atoms with Gasteiger partial charge in [0.15, 0.2) is 0 Å². The van der Waals surface area contributed by atoms with Gasteiger partial charge in [-0.25, -0.2) is 9.59 Å². The topological polar surface area (TPSA) is 52.6 Å². The third-order valence-electron chi connectivity index (χ3n) is 4.97. The first kappa shape index (κ1) is 25.2. The number of unbranched alkanes of at least 4 members (excludes halogenated alkanes) is 7. The summed E-state index contributed by atoms with van der Waals surface area (Å²) in [5.74, 6) is -1.12. The van der Waals surface area contributed by atoms with Gasteiger partial charge in [-0.1, -0.05) is 93.3 Å². The molecule has 0 aliphatic carbocycles. The normalized spacial score (nSPS) is 10.7. The second-order valence-corrected chi connectivity index (χ2v) is 8.31. The number of ether oxygens (including phenoxy) is 2. The summed E-state index contributed by atoms with van der Waals surface area (Å²) in [6.07, 6.45) is 9.34. The van der Waals surface area contributed by atoms with Crippen LogP contribution in [0.5, 0.6) is 0 Å². The van der Waals surface area contributed by atoms with Crippen LogP contribution in [0, 0.1) is 0 Å². The third-order valence-corrected chi connectivity index (χ3v) is 5.56. The molecular formula is C25H30Cl2O4. The summed E-state index contributed by atoms with van der Waals surface area (Å²) in [5, 5.41) is 0.919. The quantitative estimate of drug-likeness (QED) is 0.225. The number of carbonyl (C=O) groups is 2. The van der Waals surface area contributed by atoms with Crippen LogP contribution in [-0.2, 0) is 16.1 Å². The maximum absolute atomic E-state index is 12.5. The molecule has 6 heteroatoms. The van der Waals surface area contributed by atoms with Crippen molar-refractivity contribution in [2.24, 2.45) is 0 Å². The molecule has 0 aromatic heterocycles. The molecule has 4 nitrogen and oxygen atoms in total. The Bertz CT molecular complexity index is 851. The van der Waals surface area contributed by atoms with Gasteiger partial charge in [-0.15, -0.1) is 0 Å². The van der Waals surface area contributed by atoms with E-state index in [9.17, 15) is 9.59 Å². The lowest BCUT2D eigenvalue weighted by Crippen LogP contribution is -2.14. The largest absolute Gasteiger partial charge is 0.462 e. The predicted octanol–water partition coefficient (Wildman–Crippen LogP) is 7.65. The highest BCUT2D eigenvalue weighted by Crippen LogP contribution is 2.22. The van der Waals surface area contributed by atoms with E-state index in [4.69, 9.17) is 32.7 Å². The Hall–Kier alpha value is -2.04. The zero-order valence-corrected chi connectivity index (χ0v) is 19.5. The van der Waals surface area contributed by atoms with Crippen LogP contribution in [0.2, 0.25) is 10.0 Å². The predicted molar refractivity (Wildman–Crippen MR) is 125 cm³/mol. The molecule has 0 amide bonds. The molecule has 31 heavy (non-hydrogen) atoms. The van der Waals surface area contributed by atoms with Crippen molar-refractivity contribution >= 4 is 35.1 Å². The number of esters is 2. The SMILES string of the molecule is CCCCCCCCCCOC(=O)c1ccccc1C(=O)OCc1ccc(Cl)cc1Cl. The van der Waals surface area contributed by atoms with Crippen LogP contribution in [0.4, 0.5) is 0 Å². The van der Waals surface area contributed by atoms with E-state index in [1.807, 2.05) is 0 Å². The van der Waals surface area contributed by atoms with E-state index in [0.29, 0.717) is 22.2 Å². The Morgan fingerprint density at radius 1 is 0.774 bits per heavy atom. The summed E-state index contributed by atoms with van der Waals surface area (Å²) in [7, 11) is 0. The molecule has 0 aliphatic rings. The second kappa shape index (κ2) is 14.1. The van der Waals surface area contributed by atoms with Gasteiger partial charge in [0, 0.05) is 15.6 Å². The number of rotatable bonds is 13. The maximum Gasteiger partial charge on any atom is 0.339 e. The molecule has 0 fully saturated rings. The van der Waals surface area contributed by atoms with Gasteiger partial charge in [0.05, 0.1) is 17.7 Å². The number of halogens is 2. The average molecular weight is 465 g/mol. The molecule has 0 saturated heterocycles. The lowest BCUT2D eigenvalue weighted by Gasteiger charge is -2.11. The van der Waals surface area contributed by atoms with Gasteiger partial charge in [-0.05, 0) is 30.7 Å². The molecular weight excluding hydrogens is 435 g/mol. The van der Waals surface area contributed by atoms with Crippen LogP contribution in [0.15, 0.2) is 42.5 Å². The van der Waals surface area contributed by atoms with Crippen molar-refractivity contribution in [2.45, 2.75) is 64.9 Å². The Morgan fingerprint density at radius 2 is 1.35 bits per heavy atom. The van der Waals surface area contributed by atoms with E-state index >= 15 is 0 Å². The van der Waals surface area contributed by atoms with Gasteiger partial charge < -0.3 is 9.47 Å². The molecule has 2 rings (SSSR count). The molecule has 0 aliphatic heterocycles. The minimum atomic E-state index is -0.606. The van der Waals surface area contributed by atoms with Gasteiger partial charge in [0.2, 0.25) is 0 Å². The van der Waals surface area contributed by atoms with Gasteiger partial charge in [-0.2, -0.15) is 0 Å². The molecule has 0 atom stereocenters. The molecule has 0 saturated carbocycles. The number of hydrogen-bond donors (Lipinski definition) is 0. The van der Waals surface area contributed by atoms with Crippen LogP contribution in [-0.4, -0.2) is 18.5 Å². The Balaban J connectivity index is 1.80. The van der Waals surface area contributed by atoms with Crippen LogP contribution in [0.3, 0.4) is 0 Å². The number of carbonyl (C=O) groups excluding carboxylic acids is 2. The fraction of sp³-hybridized carbons (Fsp3) is 0.440. The van der Waals surface area contributed by atoms with Crippen molar-refractivity contribution in [1.29, 1.82) is 0 Å². The van der Waals surface area contributed by atoms with E-state index in [2.05, 4.69) is 6.92 Å². The second-order valence-electron chi connectivity index (χ2n) is 7.47. The molecule has 0 bridgehead atoms. The van der Waals surface area contributed by atoms with Crippen LogP contribution in [0.1, 0.15) is 84.6 Å². The summed E-state index contributed by atoms with van der Waals surface area (Å²) in [6.45, 7) is 2.54.